The molecule has 114 valence electrons. The predicted molar refractivity (Wildman–Crippen MR) is 85.4 cm³/mol. The molecule has 1 N–H and O–H groups in total. The number of benzene rings is 2. The van der Waals surface area contributed by atoms with Crippen LogP contribution in [0, 0.1) is 0 Å². The molecule has 6 heteroatoms. The van der Waals surface area contributed by atoms with Crippen molar-refractivity contribution in [2.45, 2.75) is 0 Å². The SMILES string of the molecule is COc1ccc(C(=O)SNC(=O)c2ccccc2)c(OC)c1. The first-order valence-electron chi connectivity index (χ1n) is 6.44. The third kappa shape index (κ3) is 3.79. The Hall–Kier alpha value is -2.47. The fourth-order valence-electron chi connectivity index (χ4n) is 1.76. The Labute approximate surface area is 132 Å². The second-order valence-electron chi connectivity index (χ2n) is 4.25. The number of carbonyl (C=O) groups excluding carboxylic acids is 2. The summed E-state index contributed by atoms with van der Waals surface area (Å²) in [4.78, 5) is 24.1. The molecule has 22 heavy (non-hydrogen) atoms. The Kier molecular flexibility index (Phi) is 5.43. The first-order valence-corrected chi connectivity index (χ1v) is 7.26. The fraction of sp³-hybridized carbons (Fsp3) is 0.125. The standard InChI is InChI=1S/C16H15NO4S/c1-20-12-8-9-13(14(10-12)21-2)16(19)22-17-15(18)11-6-4-3-5-7-11/h3-10H,1-2H3,(H,17,18). The van der Waals surface area contributed by atoms with Crippen molar-refractivity contribution in [3.63, 3.8) is 0 Å². The second kappa shape index (κ2) is 7.51. The zero-order chi connectivity index (χ0) is 15.9. The lowest BCUT2D eigenvalue weighted by Gasteiger charge is -2.09. The highest BCUT2D eigenvalue weighted by molar-refractivity contribution is 8.12. The van der Waals surface area contributed by atoms with Crippen LogP contribution in [-0.4, -0.2) is 25.2 Å². The number of amides is 1. The summed E-state index contributed by atoms with van der Waals surface area (Å²) in [5.74, 6) is 0.656. The van der Waals surface area contributed by atoms with Crippen molar-refractivity contribution in [1.82, 2.24) is 4.72 Å². The number of rotatable bonds is 4. The molecule has 0 radical (unpaired) electrons. The molecule has 2 aromatic rings. The summed E-state index contributed by atoms with van der Waals surface area (Å²) >= 11 is 0.716. The quantitative estimate of drug-likeness (QED) is 0.878. The monoisotopic (exact) mass is 317 g/mol. The van der Waals surface area contributed by atoms with Gasteiger partial charge in [0.05, 0.1) is 19.8 Å². The first kappa shape index (κ1) is 15.9. The van der Waals surface area contributed by atoms with E-state index in [0.29, 0.717) is 34.6 Å². The average Bonchev–Trinajstić information content (AvgIpc) is 2.59. The largest absolute Gasteiger partial charge is 0.497 e. The number of hydrogen-bond donors (Lipinski definition) is 1. The summed E-state index contributed by atoms with van der Waals surface area (Å²) < 4.78 is 12.8. The molecular formula is C16H15NO4S. The van der Waals surface area contributed by atoms with Gasteiger partial charge in [-0.1, -0.05) is 18.2 Å². The Balaban J connectivity index is 2.05. The van der Waals surface area contributed by atoms with Crippen molar-refractivity contribution in [3.8, 4) is 11.5 Å². The number of hydrogen-bond acceptors (Lipinski definition) is 5. The molecular weight excluding hydrogens is 302 g/mol. The normalized spacial score (nSPS) is 9.91. The van der Waals surface area contributed by atoms with Gasteiger partial charge in [-0.15, -0.1) is 0 Å². The van der Waals surface area contributed by atoms with Crippen LogP contribution in [0.3, 0.4) is 0 Å². The minimum Gasteiger partial charge on any atom is -0.497 e. The summed E-state index contributed by atoms with van der Waals surface area (Å²) in [5.41, 5.74) is 0.853. The molecule has 0 bridgehead atoms. The van der Waals surface area contributed by atoms with Crippen LogP contribution in [0.2, 0.25) is 0 Å². The van der Waals surface area contributed by atoms with Gasteiger partial charge < -0.3 is 9.47 Å². The molecule has 0 atom stereocenters. The van der Waals surface area contributed by atoms with E-state index in [1.54, 1.807) is 42.5 Å². The van der Waals surface area contributed by atoms with Gasteiger partial charge in [0, 0.05) is 23.6 Å². The van der Waals surface area contributed by atoms with Gasteiger partial charge in [0.15, 0.2) is 0 Å². The maximum atomic E-state index is 12.2. The van der Waals surface area contributed by atoms with E-state index in [4.69, 9.17) is 9.47 Å². The molecule has 0 saturated heterocycles. The van der Waals surface area contributed by atoms with Crippen molar-refractivity contribution >= 4 is 23.0 Å². The minimum atomic E-state index is -0.327. The smallest absolute Gasteiger partial charge is 0.261 e. The van der Waals surface area contributed by atoms with Crippen LogP contribution in [0.1, 0.15) is 20.7 Å². The summed E-state index contributed by atoms with van der Waals surface area (Å²) in [5, 5.41) is -0.316. The lowest BCUT2D eigenvalue weighted by atomic mass is 10.2. The zero-order valence-corrected chi connectivity index (χ0v) is 13.0. The van der Waals surface area contributed by atoms with Crippen molar-refractivity contribution in [2.24, 2.45) is 0 Å². The molecule has 2 aromatic carbocycles. The van der Waals surface area contributed by atoms with Gasteiger partial charge in [0.2, 0.25) is 5.12 Å². The van der Waals surface area contributed by atoms with E-state index in [2.05, 4.69) is 4.72 Å². The molecule has 0 spiro atoms. The van der Waals surface area contributed by atoms with Gasteiger partial charge in [-0.05, 0) is 24.3 Å². The maximum absolute atomic E-state index is 12.2. The van der Waals surface area contributed by atoms with E-state index in [1.807, 2.05) is 6.07 Å². The molecule has 0 saturated carbocycles. The number of methoxy groups -OCH3 is 2. The van der Waals surface area contributed by atoms with Gasteiger partial charge in [-0.25, -0.2) is 0 Å². The molecule has 0 aliphatic carbocycles. The Bertz CT molecular complexity index is 673. The van der Waals surface area contributed by atoms with Gasteiger partial charge in [-0.2, -0.15) is 0 Å². The number of carbonyl (C=O) groups is 2. The van der Waals surface area contributed by atoms with Crippen LogP contribution < -0.4 is 14.2 Å². The van der Waals surface area contributed by atoms with E-state index in [0.717, 1.165) is 0 Å². The van der Waals surface area contributed by atoms with Gasteiger partial charge in [0.25, 0.3) is 5.91 Å². The van der Waals surface area contributed by atoms with Crippen molar-refractivity contribution in [1.29, 1.82) is 0 Å². The molecule has 0 heterocycles. The first-order chi connectivity index (χ1) is 10.7. The highest BCUT2D eigenvalue weighted by atomic mass is 32.2. The third-order valence-corrected chi connectivity index (χ3v) is 3.59. The lowest BCUT2D eigenvalue weighted by molar-refractivity contribution is 0.0978. The summed E-state index contributed by atoms with van der Waals surface area (Å²) in [6.45, 7) is 0. The maximum Gasteiger partial charge on any atom is 0.261 e. The molecule has 0 aliphatic rings. The molecule has 0 unspecified atom stereocenters. The van der Waals surface area contributed by atoms with Crippen LogP contribution in [0.25, 0.3) is 0 Å². The molecule has 0 aliphatic heterocycles. The highest BCUT2D eigenvalue weighted by Gasteiger charge is 2.16. The van der Waals surface area contributed by atoms with Crippen molar-refractivity contribution in [3.05, 3.63) is 59.7 Å². The van der Waals surface area contributed by atoms with E-state index >= 15 is 0 Å². The van der Waals surface area contributed by atoms with Crippen LogP contribution >= 0.6 is 11.9 Å². The molecule has 0 aromatic heterocycles. The van der Waals surface area contributed by atoms with Crippen molar-refractivity contribution in [2.75, 3.05) is 14.2 Å². The van der Waals surface area contributed by atoms with Crippen LogP contribution in [-0.2, 0) is 0 Å². The summed E-state index contributed by atoms with van der Waals surface area (Å²) in [6, 6.07) is 13.6. The molecule has 0 fully saturated rings. The highest BCUT2D eigenvalue weighted by Crippen LogP contribution is 2.27. The topological polar surface area (TPSA) is 64.6 Å². The van der Waals surface area contributed by atoms with E-state index < -0.39 is 0 Å². The van der Waals surface area contributed by atoms with Crippen LogP contribution in [0.5, 0.6) is 11.5 Å². The lowest BCUT2D eigenvalue weighted by Crippen LogP contribution is -2.18. The van der Waals surface area contributed by atoms with E-state index in [1.165, 1.54) is 14.2 Å². The zero-order valence-electron chi connectivity index (χ0n) is 12.2. The fourth-order valence-corrected chi connectivity index (χ4v) is 2.35. The number of ether oxygens (including phenoxy) is 2. The van der Waals surface area contributed by atoms with E-state index in [9.17, 15) is 9.59 Å². The van der Waals surface area contributed by atoms with E-state index in [-0.39, 0.29) is 11.0 Å². The molecule has 1 amide bonds. The molecule has 5 nitrogen and oxygen atoms in total. The third-order valence-electron chi connectivity index (χ3n) is 2.90. The average molecular weight is 317 g/mol. The summed E-state index contributed by atoms with van der Waals surface area (Å²) in [6.07, 6.45) is 0. The molecule has 2 rings (SSSR count). The summed E-state index contributed by atoms with van der Waals surface area (Å²) in [7, 11) is 3.00. The van der Waals surface area contributed by atoms with Gasteiger partial charge in [0.1, 0.15) is 11.5 Å². The Morgan fingerprint density at radius 3 is 2.36 bits per heavy atom. The van der Waals surface area contributed by atoms with Gasteiger partial charge in [-0.3, -0.25) is 14.3 Å². The van der Waals surface area contributed by atoms with Crippen LogP contribution in [0.4, 0.5) is 0 Å². The van der Waals surface area contributed by atoms with Crippen LogP contribution in [0.15, 0.2) is 48.5 Å². The second-order valence-corrected chi connectivity index (χ2v) is 5.03. The Morgan fingerprint density at radius 1 is 1.00 bits per heavy atom. The Morgan fingerprint density at radius 2 is 1.73 bits per heavy atom. The predicted octanol–water partition coefficient (Wildman–Crippen LogP) is 2.92. The minimum absolute atomic E-state index is 0.316. The number of nitrogens with one attached hydrogen (secondary N) is 1. The van der Waals surface area contributed by atoms with Crippen molar-refractivity contribution < 1.29 is 19.1 Å². The van der Waals surface area contributed by atoms with Gasteiger partial charge >= 0.3 is 0 Å².